The van der Waals surface area contributed by atoms with Crippen molar-refractivity contribution >= 4 is 11.6 Å². The molecule has 0 aromatic carbocycles. The van der Waals surface area contributed by atoms with Crippen LogP contribution in [-0.2, 0) is 6.54 Å². The number of hydrogen-bond donors (Lipinski definition) is 0. The van der Waals surface area contributed by atoms with Crippen molar-refractivity contribution in [1.82, 2.24) is 14.8 Å². The molecule has 5 heteroatoms. The van der Waals surface area contributed by atoms with E-state index in [1.165, 1.54) is 12.0 Å². The molecule has 0 N–H and O–H groups in total. The molecule has 2 aliphatic heterocycles. The van der Waals surface area contributed by atoms with Crippen molar-refractivity contribution in [2.24, 2.45) is 0 Å². The number of likely N-dealkylation sites (tertiary alicyclic amines) is 2. The van der Waals surface area contributed by atoms with Gasteiger partial charge in [-0.05, 0) is 38.8 Å². The van der Waals surface area contributed by atoms with Gasteiger partial charge in [0.15, 0.2) is 0 Å². The van der Waals surface area contributed by atoms with Gasteiger partial charge >= 0.3 is 0 Å². The smallest absolute Gasteiger partial charge is 0.232 e. The van der Waals surface area contributed by atoms with E-state index in [0.29, 0.717) is 23.0 Å². The molecular weight excluding hydrogens is 286 g/mol. The summed E-state index contributed by atoms with van der Waals surface area (Å²) < 4.78 is 5.11. The second-order valence-corrected chi connectivity index (χ2v) is 7.53. The summed E-state index contributed by atoms with van der Waals surface area (Å²) in [4.78, 5) is 9.45. The lowest BCUT2D eigenvalue weighted by molar-refractivity contribution is -0.0997. The van der Waals surface area contributed by atoms with E-state index in [2.05, 4.69) is 35.6 Å². The number of rotatable bonds is 3. The number of piperazine rings is 1. The largest absolute Gasteiger partial charge is 0.480 e. The van der Waals surface area contributed by atoms with Gasteiger partial charge in [-0.1, -0.05) is 11.6 Å². The summed E-state index contributed by atoms with van der Waals surface area (Å²) >= 11 is 6.16. The Balaban J connectivity index is 1.65. The first-order valence-corrected chi connectivity index (χ1v) is 7.95. The maximum absolute atomic E-state index is 6.16. The van der Waals surface area contributed by atoms with Crippen molar-refractivity contribution in [3.05, 3.63) is 22.8 Å². The molecular formula is C16H24ClN3O. The highest BCUT2D eigenvalue weighted by molar-refractivity contribution is 6.31. The Morgan fingerprint density at radius 3 is 2.52 bits per heavy atom. The van der Waals surface area contributed by atoms with E-state index in [1.807, 2.05) is 12.3 Å². The van der Waals surface area contributed by atoms with Crippen LogP contribution in [0, 0.1) is 0 Å². The summed E-state index contributed by atoms with van der Waals surface area (Å²) in [5.74, 6) is 0.503. The van der Waals surface area contributed by atoms with Crippen molar-refractivity contribution in [2.45, 2.75) is 51.4 Å². The molecule has 0 aliphatic carbocycles. The van der Waals surface area contributed by atoms with Gasteiger partial charge in [-0.15, -0.1) is 0 Å². The van der Waals surface area contributed by atoms with Crippen molar-refractivity contribution < 1.29 is 4.74 Å². The van der Waals surface area contributed by atoms with Crippen molar-refractivity contribution in [1.29, 1.82) is 0 Å². The normalized spacial score (nSPS) is 26.5. The fourth-order valence-corrected chi connectivity index (χ4v) is 3.67. The summed E-state index contributed by atoms with van der Waals surface area (Å²) in [6.45, 7) is 10.2. The third-order valence-electron chi connectivity index (χ3n) is 4.72. The molecule has 2 unspecified atom stereocenters. The monoisotopic (exact) mass is 309 g/mol. The highest BCUT2D eigenvalue weighted by atomic mass is 35.5. The zero-order valence-electron chi connectivity index (χ0n) is 13.3. The van der Waals surface area contributed by atoms with E-state index in [9.17, 15) is 0 Å². The lowest BCUT2D eigenvalue weighted by atomic mass is 9.84. The van der Waals surface area contributed by atoms with Crippen LogP contribution in [0.15, 0.2) is 12.3 Å². The number of methoxy groups -OCH3 is 1. The molecule has 2 atom stereocenters. The summed E-state index contributed by atoms with van der Waals surface area (Å²) in [6.07, 6.45) is 3.20. The highest BCUT2D eigenvalue weighted by Crippen LogP contribution is 2.36. The number of halogens is 1. The van der Waals surface area contributed by atoms with Crippen molar-refractivity contribution in [3.63, 3.8) is 0 Å². The molecule has 116 valence electrons. The molecule has 21 heavy (non-hydrogen) atoms. The van der Waals surface area contributed by atoms with E-state index in [1.54, 1.807) is 7.11 Å². The maximum Gasteiger partial charge on any atom is 0.232 e. The molecule has 0 saturated carbocycles. The van der Waals surface area contributed by atoms with Crippen LogP contribution in [0.4, 0.5) is 0 Å². The number of piperidine rings is 1. The fraction of sp³-hybridized carbons (Fsp3) is 0.688. The van der Waals surface area contributed by atoms with E-state index >= 15 is 0 Å². The molecule has 0 amide bonds. The summed E-state index contributed by atoms with van der Waals surface area (Å²) in [5.41, 5.74) is 1.44. The van der Waals surface area contributed by atoms with E-state index in [-0.39, 0.29) is 5.54 Å². The van der Waals surface area contributed by atoms with Crippen LogP contribution in [0.5, 0.6) is 5.88 Å². The van der Waals surface area contributed by atoms with Crippen LogP contribution in [0.3, 0.4) is 0 Å². The predicted octanol–water partition coefficient (Wildman–Crippen LogP) is 2.80. The Bertz CT molecular complexity index is 517. The fourth-order valence-electron chi connectivity index (χ4n) is 3.41. The highest BCUT2D eigenvalue weighted by Gasteiger charge is 2.46. The molecule has 2 aliphatic rings. The molecule has 0 spiro atoms. The van der Waals surface area contributed by atoms with Gasteiger partial charge in [0.2, 0.25) is 5.88 Å². The van der Waals surface area contributed by atoms with E-state index in [4.69, 9.17) is 16.3 Å². The molecule has 1 aromatic rings. The first-order valence-electron chi connectivity index (χ1n) is 7.57. The second kappa shape index (κ2) is 5.41. The molecule has 2 saturated heterocycles. The zero-order valence-corrected chi connectivity index (χ0v) is 14.0. The average molecular weight is 310 g/mol. The summed E-state index contributed by atoms with van der Waals surface area (Å²) in [5, 5.41) is 0.594. The van der Waals surface area contributed by atoms with Crippen LogP contribution in [0.25, 0.3) is 0 Å². The van der Waals surface area contributed by atoms with Gasteiger partial charge < -0.3 is 4.74 Å². The number of aromatic nitrogens is 1. The Kier molecular flexibility index (Phi) is 3.89. The van der Waals surface area contributed by atoms with Gasteiger partial charge in [0, 0.05) is 43.5 Å². The van der Waals surface area contributed by atoms with Gasteiger partial charge in [0.25, 0.3) is 0 Å². The van der Waals surface area contributed by atoms with Gasteiger partial charge in [-0.3, -0.25) is 9.80 Å². The number of nitrogens with zero attached hydrogens (tertiary/aromatic N) is 3. The minimum Gasteiger partial charge on any atom is -0.480 e. The quantitative estimate of drug-likeness (QED) is 0.858. The SMILES string of the molecule is COc1ncc(CN2C3CC2CN(C(C)(C)C)C3)cc1Cl. The first-order chi connectivity index (χ1) is 9.88. The minimum absolute atomic E-state index is 0.272. The van der Waals surface area contributed by atoms with Crippen LogP contribution >= 0.6 is 11.6 Å². The van der Waals surface area contributed by atoms with Crippen molar-refractivity contribution in [2.75, 3.05) is 20.2 Å². The molecule has 2 bridgehead atoms. The van der Waals surface area contributed by atoms with Crippen LogP contribution in [0.1, 0.15) is 32.8 Å². The first kappa shape index (κ1) is 15.1. The van der Waals surface area contributed by atoms with Crippen LogP contribution < -0.4 is 4.74 Å². The number of hydrogen-bond acceptors (Lipinski definition) is 4. The van der Waals surface area contributed by atoms with E-state index < -0.39 is 0 Å². The molecule has 3 rings (SSSR count). The van der Waals surface area contributed by atoms with Crippen molar-refractivity contribution in [3.8, 4) is 5.88 Å². The third-order valence-corrected chi connectivity index (χ3v) is 4.99. The topological polar surface area (TPSA) is 28.6 Å². The number of fused-ring (bicyclic) bond motifs is 2. The molecule has 3 heterocycles. The van der Waals surface area contributed by atoms with Gasteiger partial charge in [0.1, 0.15) is 5.02 Å². The standard InChI is InChI=1S/C16H24ClN3O/c1-16(2,3)19-9-12-6-13(10-19)20(12)8-11-5-14(17)15(21-4)18-7-11/h5,7,12-13H,6,8-10H2,1-4H3. The average Bonchev–Trinajstić information content (AvgIpc) is 2.44. The molecule has 2 fully saturated rings. The molecule has 1 aromatic heterocycles. The Hall–Kier alpha value is -0.840. The Morgan fingerprint density at radius 1 is 1.33 bits per heavy atom. The van der Waals surface area contributed by atoms with Crippen LogP contribution in [-0.4, -0.2) is 52.6 Å². The third kappa shape index (κ3) is 2.89. The maximum atomic E-state index is 6.16. The zero-order chi connectivity index (χ0) is 15.2. The Morgan fingerprint density at radius 2 is 2.00 bits per heavy atom. The summed E-state index contributed by atoms with van der Waals surface area (Å²) in [6, 6.07) is 3.32. The molecule has 0 radical (unpaired) electrons. The van der Waals surface area contributed by atoms with Gasteiger partial charge in [-0.25, -0.2) is 4.98 Å². The summed E-state index contributed by atoms with van der Waals surface area (Å²) in [7, 11) is 1.59. The predicted molar refractivity (Wildman–Crippen MR) is 84.9 cm³/mol. The lowest BCUT2D eigenvalue weighted by Crippen LogP contribution is -2.70. The van der Waals surface area contributed by atoms with E-state index in [0.717, 1.165) is 19.6 Å². The number of pyridine rings is 1. The second-order valence-electron chi connectivity index (χ2n) is 7.13. The van der Waals surface area contributed by atoms with Crippen LogP contribution in [0.2, 0.25) is 5.02 Å². The molecule has 4 nitrogen and oxygen atoms in total. The van der Waals surface area contributed by atoms with Gasteiger partial charge in [-0.2, -0.15) is 0 Å². The minimum atomic E-state index is 0.272. The Labute approximate surface area is 132 Å². The van der Waals surface area contributed by atoms with Gasteiger partial charge in [0.05, 0.1) is 7.11 Å². The lowest BCUT2D eigenvalue weighted by Gasteiger charge is -2.59. The number of ether oxygens (including phenoxy) is 1.